The number of amides is 2. The number of aryl methyl sites for hydroxylation is 1. The number of likely N-dealkylation sites (tertiary alicyclic amines) is 1. The summed E-state index contributed by atoms with van der Waals surface area (Å²) in [7, 11) is 0. The van der Waals surface area contributed by atoms with Gasteiger partial charge < -0.3 is 10.2 Å². The minimum absolute atomic E-state index is 0.0412. The highest BCUT2D eigenvalue weighted by atomic mass is 35.5. The fourth-order valence-electron chi connectivity index (χ4n) is 2.49. The molecule has 1 aromatic carbocycles. The summed E-state index contributed by atoms with van der Waals surface area (Å²) in [5, 5.41) is 3.04. The molecule has 0 saturated carbocycles. The summed E-state index contributed by atoms with van der Waals surface area (Å²) < 4.78 is 0. The van der Waals surface area contributed by atoms with E-state index in [0.717, 1.165) is 18.4 Å². The standard InChI is InChI=1S/C16H21ClN2O2/c1-12-2-4-13(5-3-12)16(21)18-14-7-10-19(11-8-14)15(20)6-9-17/h2-5,14H,6-11H2,1H3,(H,18,21). The number of carbonyl (C=O) groups is 2. The zero-order chi connectivity index (χ0) is 15.2. The summed E-state index contributed by atoms with van der Waals surface area (Å²) in [6, 6.07) is 7.68. The first-order chi connectivity index (χ1) is 10.1. The highest BCUT2D eigenvalue weighted by molar-refractivity contribution is 6.18. The average molecular weight is 309 g/mol. The van der Waals surface area contributed by atoms with Gasteiger partial charge in [0.1, 0.15) is 0 Å². The van der Waals surface area contributed by atoms with Gasteiger partial charge in [-0.25, -0.2) is 0 Å². The molecule has 0 aliphatic carbocycles. The number of hydrogen-bond acceptors (Lipinski definition) is 2. The Morgan fingerprint density at radius 1 is 1.24 bits per heavy atom. The van der Waals surface area contributed by atoms with Gasteiger partial charge >= 0.3 is 0 Å². The monoisotopic (exact) mass is 308 g/mol. The van der Waals surface area contributed by atoms with Crippen LogP contribution >= 0.6 is 11.6 Å². The Balaban J connectivity index is 1.82. The summed E-state index contributed by atoms with van der Waals surface area (Å²) in [4.78, 5) is 25.7. The topological polar surface area (TPSA) is 49.4 Å². The predicted molar refractivity (Wildman–Crippen MR) is 83.6 cm³/mol. The van der Waals surface area contributed by atoms with Crippen LogP contribution in [-0.4, -0.2) is 41.7 Å². The van der Waals surface area contributed by atoms with E-state index in [1.165, 1.54) is 0 Å². The van der Waals surface area contributed by atoms with Gasteiger partial charge in [0, 0.05) is 37.0 Å². The molecule has 21 heavy (non-hydrogen) atoms. The molecule has 1 aliphatic rings. The molecule has 0 atom stereocenters. The third-order valence-electron chi connectivity index (χ3n) is 3.80. The fourth-order valence-corrected chi connectivity index (χ4v) is 2.65. The highest BCUT2D eigenvalue weighted by Gasteiger charge is 2.23. The lowest BCUT2D eigenvalue weighted by Crippen LogP contribution is -2.46. The number of halogens is 1. The molecular weight excluding hydrogens is 288 g/mol. The zero-order valence-electron chi connectivity index (χ0n) is 12.3. The number of alkyl halides is 1. The van der Waals surface area contributed by atoms with Crippen LogP contribution in [0.3, 0.4) is 0 Å². The van der Waals surface area contributed by atoms with Gasteiger partial charge in [-0.1, -0.05) is 17.7 Å². The van der Waals surface area contributed by atoms with E-state index in [9.17, 15) is 9.59 Å². The molecule has 1 fully saturated rings. The van der Waals surface area contributed by atoms with Gasteiger partial charge in [-0.3, -0.25) is 9.59 Å². The Kier molecular flexibility index (Phi) is 5.62. The number of hydrogen-bond donors (Lipinski definition) is 1. The van der Waals surface area contributed by atoms with Crippen molar-refractivity contribution < 1.29 is 9.59 Å². The van der Waals surface area contributed by atoms with Crippen LogP contribution in [0.4, 0.5) is 0 Å². The number of benzene rings is 1. The summed E-state index contributed by atoms with van der Waals surface area (Å²) in [5.41, 5.74) is 1.82. The summed E-state index contributed by atoms with van der Waals surface area (Å²) >= 11 is 5.59. The molecule has 0 bridgehead atoms. The molecule has 1 saturated heterocycles. The smallest absolute Gasteiger partial charge is 0.251 e. The van der Waals surface area contributed by atoms with Gasteiger partial charge in [0.05, 0.1) is 0 Å². The van der Waals surface area contributed by atoms with Crippen molar-refractivity contribution in [2.45, 2.75) is 32.2 Å². The van der Waals surface area contributed by atoms with E-state index < -0.39 is 0 Å². The third kappa shape index (κ3) is 4.46. The highest BCUT2D eigenvalue weighted by Crippen LogP contribution is 2.13. The Morgan fingerprint density at radius 3 is 2.43 bits per heavy atom. The molecule has 5 heteroatoms. The Bertz CT molecular complexity index is 494. The average Bonchev–Trinajstić information content (AvgIpc) is 2.49. The number of nitrogens with zero attached hydrogens (tertiary/aromatic N) is 1. The van der Waals surface area contributed by atoms with Gasteiger partial charge in [-0.05, 0) is 31.9 Å². The fraction of sp³-hybridized carbons (Fsp3) is 0.500. The first-order valence-electron chi connectivity index (χ1n) is 7.31. The van der Waals surface area contributed by atoms with Gasteiger partial charge in [0.25, 0.3) is 5.91 Å². The van der Waals surface area contributed by atoms with Crippen molar-refractivity contribution in [2.75, 3.05) is 19.0 Å². The van der Waals surface area contributed by atoms with Crippen LogP contribution in [0.1, 0.15) is 35.2 Å². The Morgan fingerprint density at radius 2 is 1.86 bits per heavy atom. The van der Waals surface area contributed by atoms with E-state index in [1.807, 2.05) is 36.1 Å². The second kappa shape index (κ2) is 7.46. The van der Waals surface area contributed by atoms with E-state index >= 15 is 0 Å². The molecule has 4 nitrogen and oxygen atoms in total. The second-order valence-electron chi connectivity index (χ2n) is 5.43. The van der Waals surface area contributed by atoms with Crippen molar-refractivity contribution >= 4 is 23.4 Å². The number of nitrogens with one attached hydrogen (secondary N) is 1. The van der Waals surface area contributed by atoms with Gasteiger partial charge in [-0.2, -0.15) is 0 Å². The molecule has 1 aromatic rings. The summed E-state index contributed by atoms with van der Waals surface area (Å²) in [6.07, 6.45) is 1.99. The molecule has 0 unspecified atom stereocenters. The first kappa shape index (κ1) is 15.8. The second-order valence-corrected chi connectivity index (χ2v) is 5.81. The molecule has 0 spiro atoms. The van der Waals surface area contributed by atoms with Crippen LogP contribution in [0, 0.1) is 6.92 Å². The first-order valence-corrected chi connectivity index (χ1v) is 7.85. The van der Waals surface area contributed by atoms with E-state index in [0.29, 0.717) is 31.0 Å². The van der Waals surface area contributed by atoms with Crippen LogP contribution in [0.25, 0.3) is 0 Å². The molecule has 1 N–H and O–H groups in total. The SMILES string of the molecule is Cc1ccc(C(=O)NC2CCN(C(=O)CCCl)CC2)cc1. The number of rotatable bonds is 4. The lowest BCUT2D eigenvalue weighted by atomic mass is 10.0. The maximum absolute atomic E-state index is 12.1. The Hall–Kier alpha value is -1.55. The molecule has 114 valence electrons. The molecule has 0 radical (unpaired) electrons. The van der Waals surface area contributed by atoms with Crippen molar-refractivity contribution in [3.8, 4) is 0 Å². The Labute approximate surface area is 130 Å². The van der Waals surface area contributed by atoms with Crippen LogP contribution in [0.5, 0.6) is 0 Å². The molecular formula is C16H21ClN2O2. The van der Waals surface area contributed by atoms with Crippen molar-refractivity contribution in [3.05, 3.63) is 35.4 Å². The maximum atomic E-state index is 12.1. The molecule has 2 amide bonds. The van der Waals surface area contributed by atoms with E-state index in [2.05, 4.69) is 5.32 Å². The van der Waals surface area contributed by atoms with Crippen molar-refractivity contribution in [2.24, 2.45) is 0 Å². The number of carbonyl (C=O) groups excluding carboxylic acids is 2. The minimum Gasteiger partial charge on any atom is -0.349 e. The van der Waals surface area contributed by atoms with Crippen LogP contribution in [0.2, 0.25) is 0 Å². The normalized spacial score (nSPS) is 15.8. The van der Waals surface area contributed by atoms with Crippen molar-refractivity contribution in [3.63, 3.8) is 0 Å². The predicted octanol–water partition coefficient (Wildman–Crippen LogP) is 2.34. The third-order valence-corrected chi connectivity index (χ3v) is 3.99. The number of piperidine rings is 1. The van der Waals surface area contributed by atoms with Crippen molar-refractivity contribution in [1.29, 1.82) is 0 Å². The maximum Gasteiger partial charge on any atom is 0.251 e. The van der Waals surface area contributed by atoms with Crippen LogP contribution in [0.15, 0.2) is 24.3 Å². The zero-order valence-corrected chi connectivity index (χ0v) is 13.0. The molecule has 1 aliphatic heterocycles. The molecule has 0 aromatic heterocycles. The van der Waals surface area contributed by atoms with E-state index in [4.69, 9.17) is 11.6 Å². The quantitative estimate of drug-likeness (QED) is 0.868. The lowest BCUT2D eigenvalue weighted by Gasteiger charge is -2.32. The van der Waals surface area contributed by atoms with Crippen molar-refractivity contribution in [1.82, 2.24) is 10.2 Å². The molecule has 2 rings (SSSR count). The minimum atomic E-state index is -0.0412. The summed E-state index contributed by atoms with van der Waals surface area (Å²) in [5.74, 6) is 0.428. The lowest BCUT2D eigenvalue weighted by molar-refractivity contribution is -0.131. The van der Waals surface area contributed by atoms with Crippen LogP contribution in [-0.2, 0) is 4.79 Å². The summed E-state index contributed by atoms with van der Waals surface area (Å²) in [6.45, 7) is 3.37. The van der Waals surface area contributed by atoms with Gasteiger partial charge in [-0.15, -0.1) is 11.6 Å². The van der Waals surface area contributed by atoms with E-state index in [-0.39, 0.29) is 17.9 Å². The van der Waals surface area contributed by atoms with Crippen LogP contribution < -0.4 is 5.32 Å². The van der Waals surface area contributed by atoms with Gasteiger partial charge in [0.2, 0.25) is 5.91 Å². The molecule has 1 heterocycles. The van der Waals surface area contributed by atoms with Gasteiger partial charge in [0.15, 0.2) is 0 Å². The van der Waals surface area contributed by atoms with E-state index in [1.54, 1.807) is 0 Å². The largest absolute Gasteiger partial charge is 0.349 e.